The van der Waals surface area contributed by atoms with Crippen LogP contribution >= 0.6 is 0 Å². The number of rotatable bonds is 4. The highest BCUT2D eigenvalue weighted by molar-refractivity contribution is 5.39. The Hall–Kier alpha value is -1.59. The molecule has 6 nitrogen and oxygen atoms in total. The zero-order chi connectivity index (χ0) is 13.1. The molecule has 0 aromatic carbocycles. The molecule has 0 bridgehead atoms. The van der Waals surface area contributed by atoms with Crippen molar-refractivity contribution in [1.29, 1.82) is 0 Å². The zero-order valence-electron chi connectivity index (χ0n) is 11.5. The fourth-order valence-electron chi connectivity index (χ4n) is 1.98. The Morgan fingerprint density at radius 2 is 2.11 bits per heavy atom. The molecule has 0 saturated carbocycles. The van der Waals surface area contributed by atoms with E-state index in [1.54, 1.807) is 7.05 Å². The lowest BCUT2D eigenvalue weighted by Crippen LogP contribution is -2.23. The van der Waals surface area contributed by atoms with E-state index in [9.17, 15) is 0 Å². The van der Waals surface area contributed by atoms with Gasteiger partial charge in [-0.25, -0.2) is 0 Å². The Morgan fingerprint density at radius 1 is 1.33 bits per heavy atom. The van der Waals surface area contributed by atoms with Gasteiger partial charge < -0.3 is 15.0 Å². The Morgan fingerprint density at radius 3 is 2.67 bits per heavy atom. The summed E-state index contributed by atoms with van der Waals surface area (Å²) in [7, 11) is 1.80. The van der Waals surface area contributed by atoms with E-state index in [0.29, 0.717) is 23.8 Å². The van der Waals surface area contributed by atoms with Crippen LogP contribution in [0.1, 0.15) is 27.2 Å². The third-order valence-electron chi connectivity index (χ3n) is 2.87. The molecule has 6 heteroatoms. The average molecular weight is 251 g/mol. The first-order chi connectivity index (χ1) is 8.58. The van der Waals surface area contributed by atoms with E-state index in [0.717, 1.165) is 13.1 Å². The lowest BCUT2D eigenvalue weighted by Gasteiger charge is -2.17. The van der Waals surface area contributed by atoms with Gasteiger partial charge in [-0.2, -0.15) is 15.0 Å². The molecule has 100 valence electrons. The van der Waals surface area contributed by atoms with Gasteiger partial charge in [-0.1, -0.05) is 6.92 Å². The van der Waals surface area contributed by atoms with Gasteiger partial charge in [0, 0.05) is 20.1 Å². The molecule has 1 atom stereocenters. The fourth-order valence-corrected chi connectivity index (χ4v) is 1.98. The minimum absolute atomic E-state index is 0.0578. The van der Waals surface area contributed by atoms with E-state index in [2.05, 4.69) is 32.1 Å². The molecule has 1 aliphatic rings. The highest BCUT2D eigenvalue weighted by Gasteiger charge is 2.22. The summed E-state index contributed by atoms with van der Waals surface area (Å²) in [5.41, 5.74) is 0. The molecule has 2 rings (SSSR count). The van der Waals surface area contributed by atoms with Crippen LogP contribution in [-0.2, 0) is 0 Å². The van der Waals surface area contributed by atoms with E-state index in [4.69, 9.17) is 4.74 Å². The molecular formula is C12H21N5O. The third-order valence-corrected chi connectivity index (χ3v) is 2.87. The molecule has 1 saturated heterocycles. The summed E-state index contributed by atoms with van der Waals surface area (Å²) in [6.45, 7) is 8.15. The van der Waals surface area contributed by atoms with Crippen molar-refractivity contribution in [2.75, 3.05) is 30.4 Å². The van der Waals surface area contributed by atoms with Gasteiger partial charge in [0.1, 0.15) is 0 Å². The lowest BCUT2D eigenvalue weighted by molar-refractivity contribution is 0.222. The number of hydrogen-bond donors (Lipinski definition) is 1. The smallest absolute Gasteiger partial charge is 0.323 e. The second-order valence-electron chi connectivity index (χ2n) is 5.00. The normalized spacial score (nSPS) is 19.4. The van der Waals surface area contributed by atoms with Gasteiger partial charge in [0.15, 0.2) is 0 Å². The Kier molecular flexibility index (Phi) is 3.84. The molecule has 0 amide bonds. The van der Waals surface area contributed by atoms with Crippen molar-refractivity contribution in [2.24, 2.45) is 5.92 Å². The van der Waals surface area contributed by atoms with Gasteiger partial charge in [-0.3, -0.25) is 0 Å². The molecule has 0 spiro atoms. The second-order valence-corrected chi connectivity index (χ2v) is 5.00. The number of ether oxygens (including phenoxy) is 1. The van der Waals surface area contributed by atoms with E-state index in [1.807, 2.05) is 13.8 Å². The van der Waals surface area contributed by atoms with E-state index in [1.165, 1.54) is 6.42 Å². The Labute approximate surface area is 108 Å². The molecule has 0 radical (unpaired) electrons. The van der Waals surface area contributed by atoms with Crippen molar-refractivity contribution in [3.05, 3.63) is 0 Å². The summed E-state index contributed by atoms with van der Waals surface area (Å²) in [4.78, 5) is 15.1. The molecule has 1 aromatic rings. The molecular weight excluding hydrogens is 230 g/mol. The minimum Gasteiger partial charge on any atom is -0.461 e. The van der Waals surface area contributed by atoms with E-state index < -0.39 is 0 Å². The van der Waals surface area contributed by atoms with E-state index >= 15 is 0 Å². The SMILES string of the molecule is CNc1nc(OC(C)C)nc(N2CCC(C)C2)n1. The highest BCUT2D eigenvalue weighted by Crippen LogP contribution is 2.22. The van der Waals surface area contributed by atoms with Crippen LogP contribution in [0.4, 0.5) is 11.9 Å². The largest absolute Gasteiger partial charge is 0.461 e. The summed E-state index contributed by atoms with van der Waals surface area (Å²) in [6.07, 6.45) is 1.24. The molecule has 0 aliphatic carbocycles. The molecule has 1 N–H and O–H groups in total. The molecule has 18 heavy (non-hydrogen) atoms. The van der Waals surface area contributed by atoms with E-state index in [-0.39, 0.29) is 6.10 Å². The van der Waals surface area contributed by atoms with Gasteiger partial charge in [0.25, 0.3) is 0 Å². The monoisotopic (exact) mass is 251 g/mol. The number of hydrogen-bond acceptors (Lipinski definition) is 6. The topological polar surface area (TPSA) is 63.2 Å². The molecule has 1 fully saturated rings. The van der Waals surface area contributed by atoms with Crippen LogP contribution in [0.2, 0.25) is 0 Å². The summed E-state index contributed by atoms with van der Waals surface area (Å²) >= 11 is 0. The summed E-state index contributed by atoms with van der Waals surface area (Å²) in [5, 5.41) is 2.95. The van der Waals surface area contributed by atoms with Crippen LogP contribution in [0, 0.1) is 5.92 Å². The van der Waals surface area contributed by atoms with Crippen LogP contribution in [0.15, 0.2) is 0 Å². The van der Waals surface area contributed by atoms with Crippen molar-refractivity contribution >= 4 is 11.9 Å². The number of anilines is 2. The van der Waals surface area contributed by atoms with Gasteiger partial charge >= 0.3 is 6.01 Å². The molecule has 2 heterocycles. The van der Waals surface area contributed by atoms with Crippen LogP contribution in [0.3, 0.4) is 0 Å². The molecule has 1 aliphatic heterocycles. The summed E-state index contributed by atoms with van der Waals surface area (Å²) in [5.74, 6) is 1.94. The minimum atomic E-state index is 0.0578. The van der Waals surface area contributed by atoms with Gasteiger partial charge in [0.05, 0.1) is 6.10 Å². The Balaban J connectivity index is 2.23. The third kappa shape index (κ3) is 3.00. The first-order valence-electron chi connectivity index (χ1n) is 6.44. The Bertz CT molecular complexity index is 409. The molecule has 1 unspecified atom stereocenters. The van der Waals surface area contributed by atoms with Crippen LogP contribution in [0.25, 0.3) is 0 Å². The summed E-state index contributed by atoms with van der Waals surface area (Å²) in [6, 6.07) is 0.388. The average Bonchev–Trinajstić information content (AvgIpc) is 2.74. The van der Waals surface area contributed by atoms with Crippen molar-refractivity contribution < 1.29 is 4.74 Å². The van der Waals surface area contributed by atoms with Crippen molar-refractivity contribution in [2.45, 2.75) is 33.3 Å². The van der Waals surface area contributed by atoms with Gasteiger partial charge in [-0.15, -0.1) is 0 Å². The lowest BCUT2D eigenvalue weighted by atomic mass is 10.2. The number of aromatic nitrogens is 3. The van der Waals surface area contributed by atoms with Crippen molar-refractivity contribution in [3.8, 4) is 6.01 Å². The van der Waals surface area contributed by atoms with Crippen LogP contribution in [0.5, 0.6) is 6.01 Å². The number of nitrogens with zero attached hydrogens (tertiary/aromatic N) is 4. The maximum Gasteiger partial charge on any atom is 0.323 e. The van der Waals surface area contributed by atoms with Crippen LogP contribution in [-0.4, -0.2) is 41.2 Å². The fraction of sp³-hybridized carbons (Fsp3) is 0.750. The van der Waals surface area contributed by atoms with Gasteiger partial charge in [-0.05, 0) is 26.2 Å². The highest BCUT2D eigenvalue weighted by atomic mass is 16.5. The first kappa shape index (κ1) is 12.9. The standard InChI is InChI=1S/C12H21N5O/c1-8(2)18-12-15-10(13-4)14-11(16-12)17-6-5-9(3)7-17/h8-9H,5-7H2,1-4H3,(H,13,14,15,16). The molecule has 1 aromatic heterocycles. The van der Waals surface area contributed by atoms with Crippen LogP contribution < -0.4 is 15.0 Å². The first-order valence-corrected chi connectivity index (χ1v) is 6.44. The number of nitrogens with one attached hydrogen (secondary N) is 1. The predicted molar refractivity (Wildman–Crippen MR) is 71.1 cm³/mol. The van der Waals surface area contributed by atoms with Gasteiger partial charge in [0.2, 0.25) is 11.9 Å². The maximum atomic E-state index is 5.55. The zero-order valence-corrected chi connectivity index (χ0v) is 11.5. The van der Waals surface area contributed by atoms with Crippen molar-refractivity contribution in [1.82, 2.24) is 15.0 Å². The van der Waals surface area contributed by atoms with Crippen molar-refractivity contribution in [3.63, 3.8) is 0 Å². The quantitative estimate of drug-likeness (QED) is 0.876. The maximum absolute atomic E-state index is 5.55. The predicted octanol–water partition coefficient (Wildman–Crippen LogP) is 1.55. The second kappa shape index (κ2) is 5.37. The summed E-state index contributed by atoms with van der Waals surface area (Å²) < 4.78 is 5.55.